The lowest BCUT2D eigenvalue weighted by Crippen LogP contribution is -2.46. The SMILES string of the molecule is COC(=O)[C@@H]1C[C@H]2CCCC[C@H]2N1CC(=O)Nc1cccc(OC)c1. The molecule has 0 bridgehead atoms. The zero-order valence-electron chi connectivity index (χ0n) is 14.9. The minimum atomic E-state index is -0.311. The quantitative estimate of drug-likeness (QED) is 0.830. The van der Waals surface area contributed by atoms with Crippen molar-refractivity contribution < 1.29 is 19.1 Å². The Balaban J connectivity index is 1.69. The number of nitrogens with zero attached hydrogens (tertiary/aromatic N) is 1. The fraction of sp³-hybridized carbons (Fsp3) is 0.579. The molecule has 1 aromatic rings. The number of fused-ring (bicyclic) bond motifs is 1. The van der Waals surface area contributed by atoms with E-state index in [1.54, 1.807) is 13.2 Å². The van der Waals surface area contributed by atoms with Gasteiger partial charge in [-0.15, -0.1) is 0 Å². The van der Waals surface area contributed by atoms with Gasteiger partial charge in [-0.05, 0) is 37.3 Å². The number of carbonyl (C=O) groups is 2. The molecule has 1 N–H and O–H groups in total. The van der Waals surface area contributed by atoms with Crippen molar-refractivity contribution in [1.29, 1.82) is 0 Å². The highest BCUT2D eigenvalue weighted by Crippen LogP contribution is 2.39. The maximum Gasteiger partial charge on any atom is 0.323 e. The molecule has 1 aliphatic heterocycles. The first kappa shape index (κ1) is 17.7. The van der Waals surface area contributed by atoms with Gasteiger partial charge in [-0.1, -0.05) is 18.9 Å². The van der Waals surface area contributed by atoms with Gasteiger partial charge in [0, 0.05) is 17.8 Å². The summed E-state index contributed by atoms with van der Waals surface area (Å²) in [6, 6.07) is 7.26. The van der Waals surface area contributed by atoms with Crippen LogP contribution in [0.2, 0.25) is 0 Å². The number of hydrogen-bond donors (Lipinski definition) is 1. The molecular formula is C19H26N2O4. The van der Waals surface area contributed by atoms with Gasteiger partial charge >= 0.3 is 5.97 Å². The predicted octanol–water partition coefficient (Wildman–Crippen LogP) is 2.44. The Morgan fingerprint density at radius 2 is 2.04 bits per heavy atom. The summed E-state index contributed by atoms with van der Waals surface area (Å²) in [5.41, 5.74) is 0.693. The summed E-state index contributed by atoms with van der Waals surface area (Å²) in [7, 11) is 3.01. The fourth-order valence-corrected chi connectivity index (χ4v) is 4.22. The Morgan fingerprint density at radius 3 is 2.80 bits per heavy atom. The van der Waals surface area contributed by atoms with E-state index in [1.807, 2.05) is 23.1 Å². The van der Waals surface area contributed by atoms with Crippen LogP contribution in [0.1, 0.15) is 32.1 Å². The summed E-state index contributed by atoms with van der Waals surface area (Å²) in [5, 5.41) is 2.90. The standard InChI is InChI=1S/C19H26N2O4/c1-24-15-8-5-7-14(11-15)20-18(22)12-21-16-9-4-3-6-13(16)10-17(21)19(23)25-2/h5,7-8,11,13,16-17H,3-4,6,9-10,12H2,1-2H3,(H,20,22)/t13-,16-,17+/m1/s1. The Morgan fingerprint density at radius 1 is 1.24 bits per heavy atom. The summed E-state index contributed by atoms with van der Waals surface area (Å²) < 4.78 is 10.2. The second-order valence-electron chi connectivity index (χ2n) is 6.84. The van der Waals surface area contributed by atoms with Crippen molar-refractivity contribution in [2.45, 2.75) is 44.2 Å². The lowest BCUT2D eigenvalue weighted by atomic mass is 9.85. The minimum absolute atomic E-state index is 0.117. The zero-order valence-corrected chi connectivity index (χ0v) is 14.9. The van der Waals surface area contributed by atoms with Gasteiger partial charge < -0.3 is 14.8 Å². The van der Waals surface area contributed by atoms with E-state index in [-0.39, 0.29) is 24.5 Å². The van der Waals surface area contributed by atoms with Crippen LogP contribution in [0.3, 0.4) is 0 Å². The maximum absolute atomic E-state index is 12.6. The third-order valence-electron chi connectivity index (χ3n) is 5.37. The van der Waals surface area contributed by atoms with Gasteiger partial charge in [-0.3, -0.25) is 14.5 Å². The lowest BCUT2D eigenvalue weighted by Gasteiger charge is -2.32. The first-order chi connectivity index (χ1) is 12.1. The summed E-state index contributed by atoms with van der Waals surface area (Å²) in [6.07, 6.45) is 5.34. The van der Waals surface area contributed by atoms with Crippen LogP contribution in [0, 0.1) is 5.92 Å². The Kier molecular flexibility index (Phi) is 5.58. The predicted molar refractivity (Wildman–Crippen MR) is 94.5 cm³/mol. The van der Waals surface area contributed by atoms with Crippen molar-refractivity contribution in [2.24, 2.45) is 5.92 Å². The van der Waals surface area contributed by atoms with E-state index in [2.05, 4.69) is 5.32 Å². The lowest BCUT2D eigenvalue weighted by molar-refractivity contribution is -0.146. The Labute approximate surface area is 148 Å². The van der Waals surface area contributed by atoms with E-state index < -0.39 is 0 Å². The number of benzene rings is 1. The molecule has 1 heterocycles. The molecule has 136 valence electrons. The van der Waals surface area contributed by atoms with E-state index in [0.717, 1.165) is 25.7 Å². The highest BCUT2D eigenvalue weighted by Gasteiger charge is 2.46. The van der Waals surface area contributed by atoms with Gasteiger partial charge in [0.05, 0.1) is 20.8 Å². The molecule has 2 aliphatic rings. The maximum atomic E-state index is 12.6. The molecule has 6 nitrogen and oxygen atoms in total. The van der Waals surface area contributed by atoms with Crippen molar-refractivity contribution in [3.63, 3.8) is 0 Å². The smallest absolute Gasteiger partial charge is 0.323 e. The summed E-state index contributed by atoms with van der Waals surface area (Å²) in [6.45, 7) is 0.206. The van der Waals surface area contributed by atoms with Crippen molar-refractivity contribution in [1.82, 2.24) is 4.90 Å². The van der Waals surface area contributed by atoms with Crippen molar-refractivity contribution >= 4 is 17.6 Å². The molecule has 0 radical (unpaired) electrons. The monoisotopic (exact) mass is 346 g/mol. The molecule has 2 fully saturated rings. The Bertz CT molecular complexity index is 634. The average Bonchev–Trinajstić information content (AvgIpc) is 2.99. The number of amides is 1. The van der Waals surface area contributed by atoms with Crippen molar-refractivity contribution in [2.75, 3.05) is 26.1 Å². The largest absolute Gasteiger partial charge is 0.497 e. The topological polar surface area (TPSA) is 67.9 Å². The molecule has 0 aromatic heterocycles. The number of anilines is 1. The van der Waals surface area contributed by atoms with Gasteiger partial charge in [-0.2, -0.15) is 0 Å². The number of esters is 1. The van der Waals surface area contributed by atoms with Crippen molar-refractivity contribution in [3.8, 4) is 5.75 Å². The van der Waals surface area contributed by atoms with Crippen LogP contribution in [0.15, 0.2) is 24.3 Å². The molecular weight excluding hydrogens is 320 g/mol. The number of likely N-dealkylation sites (tertiary alicyclic amines) is 1. The molecule has 0 spiro atoms. The number of methoxy groups -OCH3 is 2. The van der Waals surface area contributed by atoms with E-state index in [9.17, 15) is 9.59 Å². The molecule has 1 saturated carbocycles. The van der Waals surface area contributed by atoms with Crippen LogP contribution < -0.4 is 10.1 Å². The van der Waals surface area contributed by atoms with Crippen LogP contribution in [-0.2, 0) is 14.3 Å². The second kappa shape index (κ2) is 7.87. The number of hydrogen-bond acceptors (Lipinski definition) is 5. The third-order valence-corrected chi connectivity index (χ3v) is 5.37. The van der Waals surface area contributed by atoms with E-state index >= 15 is 0 Å². The molecule has 1 amide bonds. The van der Waals surface area contributed by atoms with E-state index in [0.29, 0.717) is 23.4 Å². The van der Waals surface area contributed by atoms with Gasteiger partial charge in [0.2, 0.25) is 5.91 Å². The molecule has 3 rings (SSSR count). The summed E-state index contributed by atoms with van der Waals surface area (Å²) >= 11 is 0. The van der Waals surface area contributed by atoms with E-state index in [4.69, 9.17) is 9.47 Å². The highest BCUT2D eigenvalue weighted by atomic mass is 16.5. The number of ether oxygens (including phenoxy) is 2. The van der Waals surface area contributed by atoms with Crippen LogP contribution in [-0.4, -0.2) is 49.6 Å². The second-order valence-corrected chi connectivity index (χ2v) is 6.84. The third kappa shape index (κ3) is 3.95. The first-order valence-electron chi connectivity index (χ1n) is 8.90. The molecule has 6 heteroatoms. The normalized spacial score (nSPS) is 25.9. The number of carbonyl (C=O) groups excluding carboxylic acids is 2. The van der Waals surface area contributed by atoms with Gasteiger partial charge in [0.1, 0.15) is 11.8 Å². The van der Waals surface area contributed by atoms with Gasteiger partial charge in [0.15, 0.2) is 0 Å². The van der Waals surface area contributed by atoms with Crippen molar-refractivity contribution in [3.05, 3.63) is 24.3 Å². The molecule has 1 aliphatic carbocycles. The molecule has 3 atom stereocenters. The molecule has 25 heavy (non-hydrogen) atoms. The molecule has 1 aromatic carbocycles. The summed E-state index contributed by atoms with van der Waals surface area (Å²) in [5.74, 6) is 0.832. The number of nitrogens with one attached hydrogen (secondary N) is 1. The van der Waals surface area contributed by atoms with Crippen LogP contribution in [0.4, 0.5) is 5.69 Å². The van der Waals surface area contributed by atoms with Gasteiger partial charge in [0.25, 0.3) is 0 Å². The molecule has 0 unspecified atom stereocenters. The summed E-state index contributed by atoms with van der Waals surface area (Å²) in [4.78, 5) is 26.8. The van der Waals surface area contributed by atoms with Gasteiger partial charge in [-0.25, -0.2) is 0 Å². The average molecular weight is 346 g/mol. The fourth-order valence-electron chi connectivity index (χ4n) is 4.22. The van der Waals surface area contributed by atoms with Crippen LogP contribution >= 0.6 is 0 Å². The highest BCUT2D eigenvalue weighted by molar-refractivity contribution is 5.93. The van der Waals surface area contributed by atoms with E-state index in [1.165, 1.54) is 13.5 Å². The molecule has 1 saturated heterocycles. The first-order valence-corrected chi connectivity index (χ1v) is 8.90. The Hall–Kier alpha value is -2.08. The zero-order chi connectivity index (χ0) is 17.8. The van der Waals surface area contributed by atoms with Crippen LogP contribution in [0.5, 0.6) is 5.75 Å². The number of rotatable bonds is 5. The minimum Gasteiger partial charge on any atom is -0.497 e. The van der Waals surface area contributed by atoms with Crippen LogP contribution in [0.25, 0.3) is 0 Å².